The molecule has 1 aliphatic carbocycles. The van der Waals surface area contributed by atoms with Gasteiger partial charge in [-0.25, -0.2) is 9.97 Å². The highest BCUT2D eigenvalue weighted by Crippen LogP contribution is 2.37. The highest BCUT2D eigenvalue weighted by Gasteiger charge is 2.35. The number of rotatable bonds is 7. The summed E-state index contributed by atoms with van der Waals surface area (Å²) in [6, 6.07) is 0.232. The second-order valence-corrected chi connectivity index (χ2v) is 4.33. The fourth-order valence-corrected chi connectivity index (χ4v) is 2.00. The van der Waals surface area contributed by atoms with Gasteiger partial charge in [0.2, 0.25) is 11.6 Å². The first-order valence-electron chi connectivity index (χ1n) is 6.29. The van der Waals surface area contributed by atoms with Crippen LogP contribution in [-0.2, 0) is 0 Å². The van der Waals surface area contributed by atoms with Crippen LogP contribution in [0.5, 0.6) is 0 Å². The van der Waals surface area contributed by atoms with E-state index in [9.17, 15) is 10.1 Å². The second-order valence-electron chi connectivity index (χ2n) is 4.33. The summed E-state index contributed by atoms with van der Waals surface area (Å²) in [7, 11) is 0. The van der Waals surface area contributed by atoms with E-state index in [1.807, 2.05) is 6.92 Å². The van der Waals surface area contributed by atoms with Gasteiger partial charge >= 0.3 is 5.69 Å². The molecule has 2 N–H and O–H groups in total. The molecule has 0 aromatic carbocycles. The Morgan fingerprint density at radius 2 is 2.32 bits per heavy atom. The van der Waals surface area contributed by atoms with Gasteiger partial charge < -0.3 is 15.3 Å². The van der Waals surface area contributed by atoms with E-state index in [1.165, 1.54) is 6.33 Å². The number of aliphatic hydroxyl groups excluding tert-OH is 1. The number of aromatic nitrogens is 2. The highest BCUT2D eigenvalue weighted by atomic mass is 16.6. The van der Waals surface area contributed by atoms with E-state index in [4.69, 9.17) is 5.11 Å². The van der Waals surface area contributed by atoms with Crippen LogP contribution in [0.4, 0.5) is 17.3 Å². The van der Waals surface area contributed by atoms with Crippen molar-refractivity contribution in [3.8, 4) is 0 Å². The summed E-state index contributed by atoms with van der Waals surface area (Å²) in [4.78, 5) is 20.6. The molecule has 19 heavy (non-hydrogen) atoms. The lowest BCUT2D eigenvalue weighted by Crippen LogP contribution is -2.30. The first kappa shape index (κ1) is 13.5. The molecule has 0 atom stereocenters. The highest BCUT2D eigenvalue weighted by molar-refractivity contribution is 5.70. The first-order chi connectivity index (χ1) is 9.19. The third-order valence-corrected chi connectivity index (χ3v) is 2.93. The molecule has 8 heteroatoms. The molecule has 0 amide bonds. The second kappa shape index (κ2) is 5.79. The van der Waals surface area contributed by atoms with E-state index in [2.05, 4.69) is 15.3 Å². The maximum Gasteiger partial charge on any atom is 0.353 e. The zero-order chi connectivity index (χ0) is 13.8. The number of nitrogens with zero attached hydrogens (tertiary/aromatic N) is 4. The largest absolute Gasteiger partial charge is 0.395 e. The smallest absolute Gasteiger partial charge is 0.353 e. The van der Waals surface area contributed by atoms with Gasteiger partial charge in [-0.3, -0.25) is 10.1 Å². The summed E-state index contributed by atoms with van der Waals surface area (Å²) in [5.41, 5.74) is -0.121. The van der Waals surface area contributed by atoms with Crippen LogP contribution in [0.2, 0.25) is 0 Å². The Morgan fingerprint density at radius 1 is 1.58 bits per heavy atom. The minimum atomic E-state index is -0.472. The molecule has 1 saturated carbocycles. The van der Waals surface area contributed by atoms with Crippen LogP contribution in [0, 0.1) is 10.1 Å². The van der Waals surface area contributed by atoms with E-state index in [1.54, 1.807) is 4.90 Å². The molecule has 0 bridgehead atoms. The minimum Gasteiger partial charge on any atom is -0.395 e. The van der Waals surface area contributed by atoms with Gasteiger partial charge in [0.25, 0.3) is 0 Å². The van der Waals surface area contributed by atoms with Crippen LogP contribution in [0.3, 0.4) is 0 Å². The van der Waals surface area contributed by atoms with E-state index < -0.39 is 4.92 Å². The Bertz CT molecular complexity index is 464. The van der Waals surface area contributed by atoms with Crippen LogP contribution >= 0.6 is 0 Å². The SMILES string of the molecule is CCNc1ncnc(N(CCO)C2CC2)c1[N+](=O)[O-]. The van der Waals surface area contributed by atoms with Gasteiger partial charge in [0.1, 0.15) is 6.33 Å². The summed E-state index contributed by atoms with van der Waals surface area (Å²) >= 11 is 0. The maximum atomic E-state index is 11.3. The van der Waals surface area contributed by atoms with Gasteiger partial charge in [-0.2, -0.15) is 0 Å². The summed E-state index contributed by atoms with van der Waals surface area (Å²) < 4.78 is 0. The van der Waals surface area contributed by atoms with Crippen molar-refractivity contribution in [2.24, 2.45) is 0 Å². The number of hydrogen-bond donors (Lipinski definition) is 2. The van der Waals surface area contributed by atoms with Crippen molar-refractivity contribution in [1.29, 1.82) is 0 Å². The Labute approximate surface area is 110 Å². The Balaban J connectivity index is 2.41. The Hall–Kier alpha value is -1.96. The van der Waals surface area contributed by atoms with Gasteiger partial charge in [-0.15, -0.1) is 0 Å². The molecule has 0 radical (unpaired) electrons. The zero-order valence-electron chi connectivity index (χ0n) is 10.7. The number of hydrogen-bond acceptors (Lipinski definition) is 7. The maximum absolute atomic E-state index is 11.3. The van der Waals surface area contributed by atoms with Crippen LogP contribution in [0.15, 0.2) is 6.33 Å². The van der Waals surface area contributed by atoms with Crippen molar-refractivity contribution in [2.45, 2.75) is 25.8 Å². The summed E-state index contributed by atoms with van der Waals surface area (Å²) in [5.74, 6) is 0.508. The van der Waals surface area contributed by atoms with E-state index in [0.717, 1.165) is 12.8 Å². The monoisotopic (exact) mass is 267 g/mol. The van der Waals surface area contributed by atoms with Gasteiger partial charge in [0, 0.05) is 19.1 Å². The summed E-state index contributed by atoms with van der Waals surface area (Å²) in [5, 5.41) is 23.2. The third kappa shape index (κ3) is 2.90. The first-order valence-corrected chi connectivity index (χ1v) is 6.29. The lowest BCUT2D eigenvalue weighted by atomic mass is 10.3. The molecule has 0 unspecified atom stereocenters. The van der Waals surface area contributed by atoms with Crippen molar-refractivity contribution < 1.29 is 10.0 Å². The number of aliphatic hydroxyl groups is 1. The lowest BCUT2D eigenvalue weighted by molar-refractivity contribution is -0.383. The molecule has 1 heterocycles. The molecular formula is C11H17N5O3. The van der Waals surface area contributed by atoms with Crippen molar-refractivity contribution in [3.63, 3.8) is 0 Å². The molecule has 2 rings (SSSR count). The average molecular weight is 267 g/mol. The van der Waals surface area contributed by atoms with Crippen molar-refractivity contribution in [1.82, 2.24) is 9.97 Å². The van der Waals surface area contributed by atoms with E-state index >= 15 is 0 Å². The molecule has 0 aliphatic heterocycles. The summed E-state index contributed by atoms with van der Waals surface area (Å²) in [6.45, 7) is 2.67. The number of nitro groups is 1. The molecule has 104 valence electrons. The van der Waals surface area contributed by atoms with E-state index in [-0.39, 0.29) is 30.0 Å². The molecule has 1 aromatic rings. The van der Waals surface area contributed by atoms with Crippen molar-refractivity contribution in [3.05, 3.63) is 16.4 Å². The Morgan fingerprint density at radius 3 is 2.84 bits per heavy atom. The molecule has 1 aliphatic rings. The van der Waals surface area contributed by atoms with Crippen LogP contribution in [0.25, 0.3) is 0 Å². The topological polar surface area (TPSA) is 104 Å². The lowest BCUT2D eigenvalue weighted by Gasteiger charge is -2.22. The van der Waals surface area contributed by atoms with Gasteiger partial charge in [0.15, 0.2) is 0 Å². The number of anilines is 2. The standard InChI is InChI=1S/C11H17N5O3/c1-2-12-10-9(16(18)19)11(14-7-13-10)15(5-6-17)8-3-4-8/h7-8,17H,2-6H2,1H3,(H,12,13,14). The van der Waals surface area contributed by atoms with Crippen molar-refractivity contribution in [2.75, 3.05) is 29.9 Å². The molecule has 8 nitrogen and oxygen atoms in total. The third-order valence-electron chi connectivity index (χ3n) is 2.93. The van der Waals surface area contributed by atoms with Gasteiger partial charge in [0.05, 0.1) is 11.5 Å². The van der Waals surface area contributed by atoms with Gasteiger partial charge in [-0.1, -0.05) is 0 Å². The van der Waals surface area contributed by atoms with Crippen molar-refractivity contribution >= 4 is 17.3 Å². The normalized spacial score (nSPS) is 14.2. The minimum absolute atomic E-state index is 0.0613. The predicted molar refractivity (Wildman–Crippen MR) is 70.3 cm³/mol. The number of nitrogens with one attached hydrogen (secondary N) is 1. The van der Waals surface area contributed by atoms with Crippen LogP contribution < -0.4 is 10.2 Å². The fraction of sp³-hybridized carbons (Fsp3) is 0.636. The molecular weight excluding hydrogens is 250 g/mol. The van der Waals surface area contributed by atoms with Gasteiger partial charge in [-0.05, 0) is 19.8 Å². The van der Waals surface area contributed by atoms with Crippen LogP contribution in [-0.4, -0.2) is 45.7 Å². The molecule has 1 aromatic heterocycles. The molecule has 0 saturated heterocycles. The summed E-state index contributed by atoms with van der Waals surface area (Å²) in [6.07, 6.45) is 3.25. The van der Waals surface area contributed by atoms with Crippen LogP contribution in [0.1, 0.15) is 19.8 Å². The Kier molecular flexibility index (Phi) is 4.10. The zero-order valence-corrected chi connectivity index (χ0v) is 10.7. The average Bonchev–Trinajstić information content (AvgIpc) is 3.20. The molecule has 0 spiro atoms. The molecule has 1 fully saturated rings. The fourth-order valence-electron chi connectivity index (χ4n) is 2.00. The predicted octanol–water partition coefficient (Wildman–Crippen LogP) is 0.778. The quantitative estimate of drug-likeness (QED) is 0.555. The van der Waals surface area contributed by atoms with E-state index in [0.29, 0.717) is 13.1 Å².